The summed E-state index contributed by atoms with van der Waals surface area (Å²) in [6.45, 7) is 0.998. The van der Waals surface area contributed by atoms with Gasteiger partial charge in [-0.05, 0) is 31.0 Å². The van der Waals surface area contributed by atoms with E-state index in [1.807, 2.05) is 0 Å². The highest BCUT2D eigenvalue weighted by molar-refractivity contribution is 5.28. The molecule has 0 radical (unpaired) electrons. The molecule has 0 saturated heterocycles. The molecular weight excluding hydrogens is 274 g/mol. The van der Waals surface area contributed by atoms with Gasteiger partial charge in [0.15, 0.2) is 6.61 Å². The first-order chi connectivity index (χ1) is 9.97. The van der Waals surface area contributed by atoms with Gasteiger partial charge in [-0.25, -0.2) is 0 Å². The Kier molecular flexibility index (Phi) is 4.91. The van der Waals surface area contributed by atoms with Crippen molar-refractivity contribution < 1.29 is 18.6 Å². The Morgan fingerprint density at radius 2 is 1.67 bits per heavy atom. The van der Waals surface area contributed by atoms with Gasteiger partial charge < -0.3 is 9.84 Å². The second kappa shape index (κ2) is 6.68. The van der Waals surface area contributed by atoms with E-state index in [0.717, 1.165) is 5.56 Å². The average molecular weight is 292 g/mol. The van der Waals surface area contributed by atoms with Crippen LogP contribution in [0.1, 0.15) is 18.1 Å². The summed E-state index contributed by atoms with van der Waals surface area (Å²) in [5, 5.41) is 9.28. The third-order valence-corrected chi connectivity index (χ3v) is 3.07. The topological polar surface area (TPSA) is 29.5 Å². The fourth-order valence-corrected chi connectivity index (χ4v) is 2.00. The summed E-state index contributed by atoms with van der Waals surface area (Å²) < 4.78 is 33.0. The number of hydrogen-bond acceptors (Lipinski definition) is 2. The van der Waals surface area contributed by atoms with Gasteiger partial charge in [-0.3, -0.25) is 0 Å². The zero-order valence-electron chi connectivity index (χ0n) is 11.8. The smallest absolute Gasteiger partial charge is 0.306 e. The van der Waals surface area contributed by atoms with Crippen LogP contribution in [0.5, 0.6) is 5.75 Å². The van der Waals surface area contributed by atoms with E-state index in [1.165, 1.54) is 12.1 Å². The SMILES string of the molecule is CC(O)Cc1ccc(OCC(F)(F)c2ccccc2)cc1. The predicted octanol–water partition coefficient (Wildman–Crippen LogP) is 3.78. The minimum Gasteiger partial charge on any atom is -0.487 e. The monoisotopic (exact) mass is 292 g/mol. The molecule has 0 heterocycles. The van der Waals surface area contributed by atoms with Crippen LogP contribution in [-0.4, -0.2) is 17.8 Å². The van der Waals surface area contributed by atoms with Crippen LogP contribution in [0.4, 0.5) is 8.78 Å². The predicted molar refractivity (Wildman–Crippen MR) is 77.7 cm³/mol. The lowest BCUT2D eigenvalue weighted by Gasteiger charge is -2.17. The Balaban J connectivity index is 1.96. The van der Waals surface area contributed by atoms with Crippen molar-refractivity contribution in [2.45, 2.75) is 25.4 Å². The summed E-state index contributed by atoms with van der Waals surface area (Å²) in [6.07, 6.45) is 0.0969. The van der Waals surface area contributed by atoms with E-state index in [2.05, 4.69) is 0 Å². The van der Waals surface area contributed by atoms with Crippen LogP contribution in [0.2, 0.25) is 0 Å². The Morgan fingerprint density at radius 3 is 2.24 bits per heavy atom. The molecule has 112 valence electrons. The average Bonchev–Trinajstić information content (AvgIpc) is 2.47. The molecule has 0 aliphatic rings. The van der Waals surface area contributed by atoms with Crippen molar-refractivity contribution >= 4 is 0 Å². The molecule has 0 aromatic heterocycles. The summed E-state index contributed by atoms with van der Waals surface area (Å²) in [5.41, 5.74) is 0.878. The van der Waals surface area contributed by atoms with Crippen molar-refractivity contribution in [2.24, 2.45) is 0 Å². The molecule has 0 bridgehead atoms. The maximum Gasteiger partial charge on any atom is 0.306 e. The maximum absolute atomic E-state index is 13.9. The molecule has 0 aliphatic heterocycles. The first-order valence-corrected chi connectivity index (χ1v) is 6.80. The molecule has 21 heavy (non-hydrogen) atoms. The van der Waals surface area contributed by atoms with Gasteiger partial charge in [0, 0.05) is 5.56 Å². The van der Waals surface area contributed by atoms with E-state index in [-0.39, 0.29) is 5.56 Å². The lowest BCUT2D eigenvalue weighted by Crippen LogP contribution is -2.23. The van der Waals surface area contributed by atoms with E-state index in [1.54, 1.807) is 49.4 Å². The molecule has 2 rings (SSSR count). The Labute approximate surface area is 123 Å². The highest BCUT2D eigenvalue weighted by Crippen LogP contribution is 2.28. The minimum atomic E-state index is -3.03. The maximum atomic E-state index is 13.9. The van der Waals surface area contributed by atoms with Gasteiger partial charge in [0.25, 0.3) is 0 Å². The second-order valence-corrected chi connectivity index (χ2v) is 5.06. The quantitative estimate of drug-likeness (QED) is 0.878. The number of ether oxygens (including phenoxy) is 1. The number of benzene rings is 2. The van der Waals surface area contributed by atoms with Crippen LogP contribution in [-0.2, 0) is 12.3 Å². The molecule has 4 heteroatoms. The van der Waals surface area contributed by atoms with Gasteiger partial charge in [-0.15, -0.1) is 0 Å². The van der Waals surface area contributed by atoms with Crippen molar-refractivity contribution in [3.8, 4) is 5.75 Å². The van der Waals surface area contributed by atoms with Crippen molar-refractivity contribution in [1.82, 2.24) is 0 Å². The van der Waals surface area contributed by atoms with Crippen molar-refractivity contribution in [1.29, 1.82) is 0 Å². The Bertz CT molecular complexity index is 551. The molecule has 2 aromatic rings. The van der Waals surface area contributed by atoms with Crippen LogP contribution in [0.15, 0.2) is 54.6 Å². The number of rotatable bonds is 6. The summed E-state index contributed by atoms with van der Waals surface area (Å²) in [5.74, 6) is -2.64. The number of halogens is 2. The van der Waals surface area contributed by atoms with Crippen LogP contribution >= 0.6 is 0 Å². The molecule has 0 amide bonds. The number of alkyl halides is 2. The molecule has 1 N–H and O–H groups in total. The van der Waals surface area contributed by atoms with Gasteiger partial charge >= 0.3 is 5.92 Å². The molecule has 0 fully saturated rings. The Hall–Kier alpha value is -1.94. The molecule has 1 atom stereocenters. The lowest BCUT2D eigenvalue weighted by molar-refractivity contribution is -0.0467. The lowest BCUT2D eigenvalue weighted by atomic mass is 10.1. The van der Waals surface area contributed by atoms with E-state index in [0.29, 0.717) is 12.2 Å². The van der Waals surface area contributed by atoms with Crippen molar-refractivity contribution in [2.75, 3.05) is 6.61 Å². The molecular formula is C17H18F2O2. The van der Waals surface area contributed by atoms with Gasteiger partial charge in [-0.2, -0.15) is 8.78 Å². The minimum absolute atomic E-state index is 0.0595. The zero-order chi connectivity index (χ0) is 15.3. The first kappa shape index (κ1) is 15.4. The van der Waals surface area contributed by atoms with Crippen molar-refractivity contribution in [3.63, 3.8) is 0 Å². The number of hydrogen-bond donors (Lipinski definition) is 1. The molecule has 0 spiro atoms. The van der Waals surface area contributed by atoms with Crippen LogP contribution in [0, 0.1) is 0 Å². The first-order valence-electron chi connectivity index (χ1n) is 6.80. The summed E-state index contributed by atoms with van der Waals surface area (Å²) >= 11 is 0. The van der Waals surface area contributed by atoms with Crippen LogP contribution in [0.3, 0.4) is 0 Å². The van der Waals surface area contributed by atoms with Gasteiger partial charge in [-0.1, -0.05) is 42.5 Å². The fraction of sp³-hybridized carbons (Fsp3) is 0.294. The highest BCUT2D eigenvalue weighted by Gasteiger charge is 2.32. The third kappa shape index (κ3) is 4.53. The van der Waals surface area contributed by atoms with Crippen molar-refractivity contribution in [3.05, 3.63) is 65.7 Å². The summed E-state index contributed by atoms with van der Waals surface area (Å²) in [7, 11) is 0. The molecule has 2 nitrogen and oxygen atoms in total. The molecule has 2 aromatic carbocycles. The fourth-order valence-electron chi connectivity index (χ4n) is 2.00. The van der Waals surface area contributed by atoms with Gasteiger partial charge in [0.05, 0.1) is 6.10 Å². The van der Waals surface area contributed by atoms with E-state index >= 15 is 0 Å². The van der Waals surface area contributed by atoms with Gasteiger partial charge in [0.2, 0.25) is 0 Å². The van der Waals surface area contributed by atoms with E-state index in [4.69, 9.17) is 4.74 Å². The van der Waals surface area contributed by atoms with Crippen LogP contribution < -0.4 is 4.74 Å². The third-order valence-electron chi connectivity index (χ3n) is 3.07. The molecule has 0 aliphatic carbocycles. The van der Waals surface area contributed by atoms with Crippen LogP contribution in [0.25, 0.3) is 0 Å². The second-order valence-electron chi connectivity index (χ2n) is 5.06. The zero-order valence-corrected chi connectivity index (χ0v) is 11.8. The normalized spacial score (nSPS) is 13.0. The standard InChI is InChI=1S/C17H18F2O2/c1-13(20)11-14-7-9-16(10-8-14)21-12-17(18,19)15-5-3-2-4-6-15/h2-10,13,20H,11-12H2,1H3. The summed E-state index contributed by atoms with van der Waals surface area (Å²) in [4.78, 5) is 0. The Morgan fingerprint density at radius 1 is 1.05 bits per heavy atom. The number of aliphatic hydroxyl groups is 1. The molecule has 1 unspecified atom stereocenters. The van der Waals surface area contributed by atoms with E-state index in [9.17, 15) is 13.9 Å². The van der Waals surface area contributed by atoms with Gasteiger partial charge in [0.1, 0.15) is 5.75 Å². The largest absolute Gasteiger partial charge is 0.487 e. The highest BCUT2D eigenvalue weighted by atomic mass is 19.3. The van der Waals surface area contributed by atoms with E-state index < -0.39 is 18.6 Å². The molecule has 0 saturated carbocycles. The summed E-state index contributed by atoms with van der Waals surface area (Å²) in [6, 6.07) is 14.4. The number of aliphatic hydroxyl groups excluding tert-OH is 1.